The molecule has 0 aliphatic rings. The van der Waals surface area contributed by atoms with Gasteiger partial charge in [0, 0.05) is 11.6 Å². The van der Waals surface area contributed by atoms with Crippen LogP contribution < -0.4 is 39.0 Å². The SMILES string of the molecule is O=C([O-])c1ccc(S(=O)(=O)N(Cc2ccc(F)c(C(F)(F)F)c2)c2nccc3ccccc23)cc1.[Na+]. The van der Waals surface area contributed by atoms with Crippen molar-refractivity contribution in [2.75, 3.05) is 4.31 Å². The first-order valence-corrected chi connectivity index (χ1v) is 11.5. The van der Waals surface area contributed by atoms with Crippen LogP contribution >= 0.6 is 0 Å². The van der Waals surface area contributed by atoms with E-state index < -0.39 is 40.1 Å². The number of carboxylic acid groups (broad SMARTS) is 1. The largest absolute Gasteiger partial charge is 1.00 e. The molecule has 0 fully saturated rings. The van der Waals surface area contributed by atoms with E-state index in [2.05, 4.69) is 4.98 Å². The van der Waals surface area contributed by atoms with Gasteiger partial charge in [-0.2, -0.15) is 13.2 Å². The van der Waals surface area contributed by atoms with Gasteiger partial charge in [0.25, 0.3) is 10.0 Å². The molecule has 180 valence electrons. The fourth-order valence-electron chi connectivity index (χ4n) is 3.52. The monoisotopic (exact) mass is 526 g/mol. The van der Waals surface area contributed by atoms with Gasteiger partial charge in [-0.25, -0.2) is 22.1 Å². The van der Waals surface area contributed by atoms with Crippen molar-refractivity contribution in [3.05, 3.63) is 102 Å². The zero-order valence-corrected chi connectivity index (χ0v) is 21.5. The maximum atomic E-state index is 13.8. The molecule has 36 heavy (non-hydrogen) atoms. The number of aromatic nitrogens is 1. The Morgan fingerprint density at radius 1 is 0.972 bits per heavy atom. The minimum Gasteiger partial charge on any atom is -0.545 e. The average Bonchev–Trinajstić information content (AvgIpc) is 2.82. The molecule has 0 saturated heterocycles. The first kappa shape index (κ1) is 27.6. The zero-order chi connectivity index (χ0) is 25.4. The maximum Gasteiger partial charge on any atom is 1.00 e. The summed E-state index contributed by atoms with van der Waals surface area (Å²) in [5.74, 6) is -3.06. The number of nitrogens with zero attached hydrogens (tertiary/aromatic N) is 2. The van der Waals surface area contributed by atoms with Gasteiger partial charge < -0.3 is 9.90 Å². The molecule has 3 aromatic carbocycles. The van der Waals surface area contributed by atoms with Gasteiger partial charge in [0.05, 0.1) is 23.0 Å². The number of pyridine rings is 1. The molecule has 0 radical (unpaired) electrons. The van der Waals surface area contributed by atoms with Gasteiger partial charge >= 0.3 is 35.7 Å². The first-order chi connectivity index (χ1) is 16.5. The number of carbonyl (C=O) groups excluding carboxylic acids is 1. The van der Waals surface area contributed by atoms with Crippen molar-refractivity contribution in [2.45, 2.75) is 17.6 Å². The maximum absolute atomic E-state index is 13.8. The van der Waals surface area contributed by atoms with Crippen molar-refractivity contribution in [3.8, 4) is 0 Å². The average molecular weight is 526 g/mol. The van der Waals surface area contributed by atoms with Crippen molar-refractivity contribution < 1.29 is 65.4 Å². The van der Waals surface area contributed by atoms with Gasteiger partial charge in [-0.15, -0.1) is 0 Å². The molecule has 0 unspecified atom stereocenters. The molecule has 4 rings (SSSR count). The second-order valence-electron chi connectivity index (χ2n) is 7.49. The fraction of sp³-hybridized carbons (Fsp3) is 0.0833. The summed E-state index contributed by atoms with van der Waals surface area (Å²) in [5, 5.41) is 12.1. The summed E-state index contributed by atoms with van der Waals surface area (Å²) in [7, 11) is -4.46. The number of alkyl halides is 3. The van der Waals surface area contributed by atoms with Gasteiger partial charge in [-0.05, 0) is 46.8 Å². The number of aromatic carboxylic acids is 1. The van der Waals surface area contributed by atoms with Crippen LogP contribution in [-0.4, -0.2) is 19.4 Å². The van der Waals surface area contributed by atoms with E-state index in [0.717, 1.165) is 34.6 Å². The number of fused-ring (bicyclic) bond motifs is 1. The van der Waals surface area contributed by atoms with E-state index in [4.69, 9.17) is 0 Å². The Kier molecular flexibility index (Phi) is 8.09. The van der Waals surface area contributed by atoms with Crippen LogP contribution in [0.5, 0.6) is 0 Å². The Bertz CT molecular complexity index is 1520. The summed E-state index contributed by atoms with van der Waals surface area (Å²) in [6.45, 7) is -0.602. The van der Waals surface area contributed by atoms with E-state index >= 15 is 0 Å². The predicted octanol–water partition coefficient (Wildman–Crippen LogP) is 1.16. The van der Waals surface area contributed by atoms with Crippen LogP contribution in [0.15, 0.2) is 83.9 Å². The smallest absolute Gasteiger partial charge is 0.545 e. The van der Waals surface area contributed by atoms with E-state index in [0.29, 0.717) is 22.9 Å². The van der Waals surface area contributed by atoms with Crippen LogP contribution in [0.1, 0.15) is 21.5 Å². The molecule has 4 aromatic rings. The fourth-order valence-corrected chi connectivity index (χ4v) is 4.95. The molecule has 0 aliphatic carbocycles. The Balaban J connectivity index is 0.00000361. The standard InChI is InChI=1S/C24H16F4N2O4S.Na/c25-21-10-5-15(13-20(21)24(26,27)28)14-30(22-19-4-2-1-3-16(19)11-12-29-22)35(33,34)18-8-6-17(7-9-18)23(31)32;/h1-13H,14H2,(H,31,32);/q;+1/p-1. The summed E-state index contributed by atoms with van der Waals surface area (Å²) >= 11 is 0. The number of anilines is 1. The molecule has 0 saturated carbocycles. The van der Waals surface area contributed by atoms with Gasteiger partial charge in [0.15, 0.2) is 5.82 Å². The van der Waals surface area contributed by atoms with Crippen LogP contribution in [0.25, 0.3) is 10.8 Å². The third-order valence-corrected chi connectivity index (χ3v) is 6.98. The van der Waals surface area contributed by atoms with Crippen molar-refractivity contribution in [1.82, 2.24) is 4.98 Å². The second kappa shape index (κ2) is 10.6. The number of carbonyl (C=O) groups is 1. The topological polar surface area (TPSA) is 90.4 Å². The second-order valence-corrected chi connectivity index (χ2v) is 9.35. The molecular weight excluding hydrogens is 511 g/mol. The molecule has 0 aliphatic heterocycles. The minimum absolute atomic E-state index is 0. The van der Waals surface area contributed by atoms with E-state index in [1.165, 1.54) is 6.20 Å². The molecule has 1 heterocycles. The number of hydrogen-bond acceptors (Lipinski definition) is 5. The summed E-state index contributed by atoms with van der Waals surface area (Å²) in [6.07, 6.45) is -3.63. The van der Waals surface area contributed by atoms with Crippen molar-refractivity contribution >= 4 is 32.6 Å². The van der Waals surface area contributed by atoms with Crippen LogP contribution in [0.3, 0.4) is 0 Å². The molecule has 6 nitrogen and oxygen atoms in total. The molecule has 0 amide bonds. The summed E-state index contributed by atoms with van der Waals surface area (Å²) in [5.41, 5.74) is -1.92. The number of carboxylic acids is 1. The number of sulfonamides is 1. The molecule has 0 bridgehead atoms. The van der Waals surface area contributed by atoms with Crippen LogP contribution in [-0.2, 0) is 22.7 Å². The number of rotatable bonds is 6. The summed E-state index contributed by atoms with van der Waals surface area (Å²) in [6, 6.07) is 14.7. The zero-order valence-electron chi connectivity index (χ0n) is 18.7. The van der Waals surface area contributed by atoms with Crippen LogP contribution in [0, 0.1) is 5.82 Å². The Morgan fingerprint density at radius 3 is 2.28 bits per heavy atom. The normalized spacial score (nSPS) is 11.7. The third-order valence-electron chi connectivity index (χ3n) is 5.23. The van der Waals surface area contributed by atoms with Crippen molar-refractivity contribution in [2.24, 2.45) is 0 Å². The van der Waals surface area contributed by atoms with Gasteiger partial charge in [-0.3, -0.25) is 0 Å². The predicted molar refractivity (Wildman–Crippen MR) is 117 cm³/mol. The van der Waals surface area contributed by atoms with Crippen LogP contribution in [0.2, 0.25) is 0 Å². The minimum atomic E-state index is -4.98. The van der Waals surface area contributed by atoms with Crippen LogP contribution in [0.4, 0.5) is 23.4 Å². The first-order valence-electron chi connectivity index (χ1n) is 10.0. The van der Waals surface area contributed by atoms with Crippen molar-refractivity contribution in [1.29, 1.82) is 0 Å². The molecular formula is C24H15F4N2NaO4S. The number of hydrogen-bond donors (Lipinski definition) is 0. The number of halogens is 4. The molecule has 0 atom stereocenters. The molecule has 1 aromatic heterocycles. The Morgan fingerprint density at radius 2 is 1.64 bits per heavy atom. The van der Waals surface area contributed by atoms with Gasteiger partial charge in [-0.1, -0.05) is 42.5 Å². The van der Waals surface area contributed by atoms with Gasteiger partial charge in [0.2, 0.25) is 0 Å². The van der Waals surface area contributed by atoms with Crippen molar-refractivity contribution in [3.63, 3.8) is 0 Å². The third kappa shape index (κ3) is 5.54. The number of benzene rings is 3. The summed E-state index contributed by atoms with van der Waals surface area (Å²) < 4.78 is 81.7. The molecule has 0 N–H and O–H groups in total. The molecule has 12 heteroatoms. The van der Waals surface area contributed by atoms with Gasteiger partial charge in [0.1, 0.15) is 5.82 Å². The van der Waals surface area contributed by atoms with E-state index in [-0.39, 0.29) is 51.4 Å². The quantitative estimate of drug-likeness (QED) is 0.278. The molecule has 0 spiro atoms. The Hall–Kier alpha value is -2.99. The Labute approximate surface area is 225 Å². The van der Waals surface area contributed by atoms with E-state index in [1.807, 2.05) is 0 Å². The summed E-state index contributed by atoms with van der Waals surface area (Å²) in [4.78, 5) is 14.9. The van der Waals surface area contributed by atoms with E-state index in [9.17, 15) is 35.9 Å². The van der Waals surface area contributed by atoms with E-state index in [1.54, 1.807) is 30.3 Å².